The van der Waals surface area contributed by atoms with Gasteiger partial charge in [0.05, 0.1) is 17.8 Å². The van der Waals surface area contributed by atoms with Crippen LogP contribution in [0.3, 0.4) is 0 Å². The molecule has 9 heavy (non-hydrogen) atoms. The van der Waals surface area contributed by atoms with Crippen molar-refractivity contribution in [1.29, 1.82) is 0 Å². The minimum atomic E-state index is -0.514. The fourth-order valence-corrected chi connectivity index (χ4v) is 0.525. The molecule has 48 valence electrons. The number of nitrogens with one attached hydrogen (secondary N) is 1. The second-order valence-electron chi connectivity index (χ2n) is 1.54. The van der Waals surface area contributed by atoms with Crippen LogP contribution in [-0.2, 0) is 0 Å². The molecule has 1 heterocycles. The number of aliphatic imine (C=N–C) groups is 1. The van der Waals surface area contributed by atoms with Crippen molar-refractivity contribution in [2.45, 2.75) is 0 Å². The molecule has 1 aliphatic rings. The summed E-state index contributed by atoms with van der Waals surface area (Å²) in [6.07, 6.45) is 2.33. The van der Waals surface area contributed by atoms with Gasteiger partial charge in [-0.25, -0.2) is 4.99 Å². The maximum Gasteiger partial charge on any atom is 0.257 e. The second-order valence-corrected chi connectivity index (χ2v) is 1.54. The Morgan fingerprint density at radius 1 is 2.00 bits per heavy atom. The van der Waals surface area contributed by atoms with E-state index in [1.54, 1.807) is 0 Å². The predicted molar refractivity (Wildman–Crippen MR) is 31.6 cm³/mol. The molecule has 0 fully saturated rings. The van der Waals surface area contributed by atoms with Crippen LogP contribution in [0.2, 0.25) is 0 Å². The van der Waals surface area contributed by atoms with Gasteiger partial charge >= 0.3 is 0 Å². The number of nitrogens with zero attached hydrogens (tertiary/aromatic N) is 2. The van der Waals surface area contributed by atoms with Crippen molar-refractivity contribution < 1.29 is 4.92 Å². The molecule has 5 heteroatoms. The van der Waals surface area contributed by atoms with E-state index in [2.05, 4.69) is 10.3 Å². The highest BCUT2D eigenvalue weighted by Crippen LogP contribution is 1.96. The number of rotatable bonds is 1. The Labute approximate surface area is 51.2 Å². The van der Waals surface area contributed by atoms with Crippen LogP contribution >= 0.6 is 0 Å². The fourth-order valence-electron chi connectivity index (χ4n) is 0.525. The van der Waals surface area contributed by atoms with Crippen molar-refractivity contribution in [2.75, 3.05) is 6.54 Å². The number of hydrogen-bond donors (Lipinski definition) is 1. The lowest BCUT2D eigenvalue weighted by molar-refractivity contribution is -0.403. The van der Waals surface area contributed by atoms with E-state index in [0.29, 0.717) is 12.2 Å². The molecule has 0 saturated heterocycles. The standard InChI is InChI=1S/C4H5N3O2/c8-7(9)2-4-1-5-3-6-4/h2-3H,1H2,(H,5,6). The average molecular weight is 127 g/mol. The average Bonchev–Trinajstić information content (AvgIpc) is 2.15. The topological polar surface area (TPSA) is 67.5 Å². The lowest BCUT2D eigenvalue weighted by atomic mass is 10.5. The first-order valence-electron chi connectivity index (χ1n) is 2.39. The van der Waals surface area contributed by atoms with Gasteiger partial charge in [-0.05, 0) is 0 Å². The van der Waals surface area contributed by atoms with Crippen LogP contribution in [0.15, 0.2) is 16.9 Å². The molecule has 0 aromatic carbocycles. The van der Waals surface area contributed by atoms with Gasteiger partial charge in [0.25, 0.3) is 6.20 Å². The van der Waals surface area contributed by atoms with Crippen molar-refractivity contribution in [1.82, 2.24) is 5.32 Å². The Kier molecular flexibility index (Phi) is 1.44. The third kappa shape index (κ3) is 1.52. The molecule has 5 nitrogen and oxygen atoms in total. The molecule has 0 radical (unpaired) electrons. The van der Waals surface area contributed by atoms with Gasteiger partial charge in [0.2, 0.25) is 0 Å². The van der Waals surface area contributed by atoms with E-state index in [1.807, 2.05) is 0 Å². The Balaban J connectivity index is 2.61. The highest BCUT2D eigenvalue weighted by atomic mass is 16.6. The zero-order chi connectivity index (χ0) is 6.69. The van der Waals surface area contributed by atoms with E-state index < -0.39 is 4.92 Å². The van der Waals surface area contributed by atoms with Crippen LogP contribution < -0.4 is 5.32 Å². The summed E-state index contributed by atoms with van der Waals surface area (Å²) in [5.41, 5.74) is 0.458. The van der Waals surface area contributed by atoms with Gasteiger partial charge in [0, 0.05) is 0 Å². The first-order chi connectivity index (χ1) is 4.29. The van der Waals surface area contributed by atoms with E-state index in [1.165, 1.54) is 6.34 Å². The summed E-state index contributed by atoms with van der Waals surface area (Å²) in [5, 5.41) is 12.5. The molecule has 0 aromatic heterocycles. The monoisotopic (exact) mass is 127 g/mol. The minimum absolute atomic E-state index is 0.458. The van der Waals surface area contributed by atoms with Crippen LogP contribution in [0, 0.1) is 10.1 Å². The quantitative estimate of drug-likeness (QED) is 0.389. The summed E-state index contributed by atoms with van der Waals surface area (Å²) >= 11 is 0. The smallest absolute Gasteiger partial charge is 0.257 e. The Morgan fingerprint density at radius 2 is 2.78 bits per heavy atom. The fraction of sp³-hybridized carbons (Fsp3) is 0.250. The lowest BCUT2D eigenvalue weighted by Gasteiger charge is -1.83. The van der Waals surface area contributed by atoms with E-state index in [-0.39, 0.29) is 0 Å². The van der Waals surface area contributed by atoms with Crippen LogP contribution in [0.25, 0.3) is 0 Å². The highest BCUT2D eigenvalue weighted by Gasteiger charge is 2.02. The van der Waals surface area contributed by atoms with Gasteiger partial charge in [-0.15, -0.1) is 0 Å². The normalized spacial score (nSPS) is 20.2. The van der Waals surface area contributed by atoms with Gasteiger partial charge in [-0.1, -0.05) is 0 Å². The molecule has 1 aliphatic heterocycles. The van der Waals surface area contributed by atoms with Crippen LogP contribution in [0.5, 0.6) is 0 Å². The Morgan fingerprint density at radius 3 is 3.22 bits per heavy atom. The third-order valence-corrected chi connectivity index (χ3v) is 0.859. The van der Waals surface area contributed by atoms with Crippen molar-refractivity contribution in [3.63, 3.8) is 0 Å². The first kappa shape index (κ1) is 5.74. The molecule has 0 aliphatic carbocycles. The zero-order valence-electron chi connectivity index (χ0n) is 4.57. The minimum Gasteiger partial charge on any atom is -0.370 e. The molecule has 1 N–H and O–H groups in total. The summed E-state index contributed by atoms with van der Waals surface area (Å²) in [7, 11) is 0. The molecule has 0 atom stereocenters. The molecule has 0 unspecified atom stereocenters. The molecule has 0 saturated carbocycles. The highest BCUT2D eigenvalue weighted by molar-refractivity contribution is 5.60. The van der Waals surface area contributed by atoms with Gasteiger partial charge in [0.1, 0.15) is 5.70 Å². The molecule has 1 rings (SSSR count). The maximum atomic E-state index is 9.78. The summed E-state index contributed by atoms with van der Waals surface area (Å²) < 4.78 is 0. The van der Waals surface area contributed by atoms with Crippen LogP contribution in [0.1, 0.15) is 0 Å². The molecule has 0 spiro atoms. The summed E-state index contributed by atoms with van der Waals surface area (Å²) in [6, 6.07) is 0. The molecular weight excluding hydrogens is 122 g/mol. The molecule has 0 amide bonds. The Hall–Kier alpha value is -1.39. The second kappa shape index (κ2) is 2.25. The summed E-state index contributed by atoms with van der Waals surface area (Å²) in [4.78, 5) is 12.9. The lowest BCUT2D eigenvalue weighted by Crippen LogP contribution is -2.05. The van der Waals surface area contributed by atoms with Gasteiger partial charge in [-0.3, -0.25) is 10.1 Å². The first-order valence-corrected chi connectivity index (χ1v) is 2.39. The zero-order valence-corrected chi connectivity index (χ0v) is 4.57. The summed E-state index contributed by atoms with van der Waals surface area (Å²) in [5.74, 6) is 0. The number of hydrogen-bond acceptors (Lipinski definition) is 4. The molecule has 0 bridgehead atoms. The number of nitro groups is 1. The van der Waals surface area contributed by atoms with E-state index in [9.17, 15) is 10.1 Å². The predicted octanol–water partition coefficient (Wildman–Crippen LogP) is -0.264. The van der Waals surface area contributed by atoms with Gasteiger partial charge in [0.15, 0.2) is 0 Å². The van der Waals surface area contributed by atoms with Crippen molar-refractivity contribution in [3.05, 3.63) is 22.0 Å². The van der Waals surface area contributed by atoms with E-state index in [4.69, 9.17) is 0 Å². The van der Waals surface area contributed by atoms with Crippen molar-refractivity contribution in [3.8, 4) is 0 Å². The van der Waals surface area contributed by atoms with E-state index >= 15 is 0 Å². The van der Waals surface area contributed by atoms with Gasteiger partial charge < -0.3 is 5.32 Å². The molecule has 0 aromatic rings. The van der Waals surface area contributed by atoms with Crippen molar-refractivity contribution >= 4 is 6.34 Å². The van der Waals surface area contributed by atoms with E-state index in [0.717, 1.165) is 6.20 Å². The maximum absolute atomic E-state index is 9.78. The summed E-state index contributed by atoms with van der Waals surface area (Å²) in [6.45, 7) is 0.459. The van der Waals surface area contributed by atoms with Crippen LogP contribution in [-0.4, -0.2) is 17.8 Å². The Bertz CT molecular complexity index is 184. The van der Waals surface area contributed by atoms with Crippen molar-refractivity contribution in [2.24, 2.45) is 4.99 Å². The van der Waals surface area contributed by atoms with Crippen LogP contribution in [0.4, 0.5) is 0 Å². The largest absolute Gasteiger partial charge is 0.370 e. The molecular formula is C4H5N3O2. The van der Waals surface area contributed by atoms with Gasteiger partial charge in [-0.2, -0.15) is 0 Å². The third-order valence-electron chi connectivity index (χ3n) is 0.859. The SMILES string of the molecule is O=[N+]([O-])C=C1CNC=N1.